The molecule has 1 aliphatic heterocycles. The Labute approximate surface area is 63.6 Å². The van der Waals surface area contributed by atoms with Gasteiger partial charge in [0.05, 0.1) is 0 Å². The van der Waals surface area contributed by atoms with Crippen LogP contribution in [-0.2, 0) is 0 Å². The summed E-state index contributed by atoms with van der Waals surface area (Å²) in [5, 5.41) is 3.19. The van der Waals surface area contributed by atoms with E-state index in [9.17, 15) is 0 Å². The average Bonchev–Trinajstić information content (AvgIpc) is 2.44. The van der Waals surface area contributed by atoms with E-state index in [4.69, 9.17) is 0 Å². The molecule has 0 aromatic heterocycles. The van der Waals surface area contributed by atoms with Gasteiger partial charge in [-0.2, -0.15) is 0 Å². The Morgan fingerprint density at radius 1 is 1.50 bits per heavy atom. The van der Waals surface area contributed by atoms with Gasteiger partial charge < -0.3 is 5.32 Å². The summed E-state index contributed by atoms with van der Waals surface area (Å²) in [5.74, 6) is 0. The van der Waals surface area contributed by atoms with Crippen LogP contribution in [0.4, 0.5) is 0 Å². The molecule has 1 rings (SSSR count). The summed E-state index contributed by atoms with van der Waals surface area (Å²) in [4.78, 5) is 2.50. The average molecular weight is 142 g/mol. The lowest BCUT2D eigenvalue weighted by Crippen LogP contribution is -2.30. The minimum atomic E-state index is 0.377. The molecule has 2 unspecified atom stereocenters. The van der Waals surface area contributed by atoms with Crippen molar-refractivity contribution >= 4 is 0 Å². The molecule has 0 saturated carbocycles. The van der Waals surface area contributed by atoms with Crippen LogP contribution in [0.1, 0.15) is 20.8 Å². The van der Waals surface area contributed by atoms with Gasteiger partial charge in [-0.05, 0) is 27.8 Å². The third-order valence-electron chi connectivity index (χ3n) is 2.02. The van der Waals surface area contributed by atoms with Crippen molar-refractivity contribution in [3.63, 3.8) is 0 Å². The van der Waals surface area contributed by atoms with E-state index < -0.39 is 0 Å². The smallest absolute Gasteiger partial charge is 0.0353 e. The Hall–Kier alpha value is -0.0800. The van der Waals surface area contributed by atoms with E-state index in [2.05, 4.69) is 31.0 Å². The summed E-state index contributed by atoms with van der Waals surface area (Å²) >= 11 is 0. The predicted molar refractivity (Wildman–Crippen MR) is 44.2 cm³/mol. The van der Waals surface area contributed by atoms with E-state index in [1.54, 1.807) is 0 Å². The van der Waals surface area contributed by atoms with Crippen molar-refractivity contribution in [1.82, 2.24) is 10.2 Å². The minimum Gasteiger partial charge on any atom is -0.318 e. The molecule has 0 radical (unpaired) electrons. The van der Waals surface area contributed by atoms with Crippen LogP contribution in [0.3, 0.4) is 0 Å². The number of nitrogens with zero attached hydrogens (tertiary/aromatic N) is 1. The Balaban J connectivity index is 2.25. The second-order valence-corrected chi connectivity index (χ2v) is 4.03. The van der Waals surface area contributed by atoms with Gasteiger partial charge in [0.15, 0.2) is 0 Å². The number of nitrogens with one attached hydrogen (secondary N) is 1. The highest BCUT2D eigenvalue weighted by atomic mass is 15.4. The predicted octanol–water partition coefficient (Wildman–Crippen LogP) is 0.688. The fourth-order valence-corrected chi connectivity index (χ4v) is 1.41. The van der Waals surface area contributed by atoms with E-state index in [1.807, 2.05) is 7.05 Å². The van der Waals surface area contributed by atoms with Crippen molar-refractivity contribution in [3.05, 3.63) is 0 Å². The van der Waals surface area contributed by atoms with Gasteiger partial charge in [-0.15, -0.1) is 0 Å². The second kappa shape index (κ2) is 2.51. The van der Waals surface area contributed by atoms with Crippen LogP contribution in [-0.4, -0.2) is 36.6 Å². The van der Waals surface area contributed by atoms with Gasteiger partial charge in [-0.3, -0.25) is 4.90 Å². The first-order chi connectivity index (χ1) is 4.55. The molecule has 1 aliphatic rings. The summed E-state index contributed by atoms with van der Waals surface area (Å²) in [6.07, 6.45) is 0. The van der Waals surface area contributed by atoms with Gasteiger partial charge in [0.1, 0.15) is 0 Å². The van der Waals surface area contributed by atoms with Gasteiger partial charge in [0, 0.05) is 24.7 Å². The topological polar surface area (TPSA) is 15.0 Å². The van der Waals surface area contributed by atoms with Crippen LogP contribution in [0.25, 0.3) is 0 Å². The van der Waals surface area contributed by atoms with Crippen LogP contribution in [0, 0.1) is 0 Å². The van der Waals surface area contributed by atoms with Gasteiger partial charge in [-0.25, -0.2) is 0 Å². The third-order valence-corrected chi connectivity index (χ3v) is 2.02. The summed E-state index contributed by atoms with van der Waals surface area (Å²) in [5.41, 5.74) is 0.377. The monoisotopic (exact) mass is 142 g/mol. The molecule has 10 heavy (non-hydrogen) atoms. The molecule has 2 heteroatoms. The minimum absolute atomic E-state index is 0.377. The SMILES string of the molecule is CNCC1CN1C(C)(C)C. The Morgan fingerprint density at radius 2 is 2.10 bits per heavy atom. The van der Waals surface area contributed by atoms with E-state index in [1.165, 1.54) is 6.54 Å². The number of rotatable bonds is 2. The van der Waals surface area contributed by atoms with Crippen molar-refractivity contribution in [1.29, 1.82) is 0 Å². The zero-order valence-corrected chi connectivity index (χ0v) is 7.44. The van der Waals surface area contributed by atoms with Crippen molar-refractivity contribution in [2.45, 2.75) is 32.4 Å². The van der Waals surface area contributed by atoms with Gasteiger partial charge >= 0.3 is 0 Å². The number of likely N-dealkylation sites (N-methyl/N-ethyl adjacent to an activating group) is 1. The van der Waals surface area contributed by atoms with Crippen LogP contribution in [0.5, 0.6) is 0 Å². The lowest BCUT2D eigenvalue weighted by atomic mass is 10.1. The molecular weight excluding hydrogens is 124 g/mol. The second-order valence-electron chi connectivity index (χ2n) is 4.03. The Kier molecular flexibility index (Phi) is 2.02. The number of hydrogen-bond donors (Lipinski definition) is 1. The first-order valence-corrected chi connectivity index (χ1v) is 3.97. The summed E-state index contributed by atoms with van der Waals surface area (Å²) in [6.45, 7) is 9.20. The largest absolute Gasteiger partial charge is 0.318 e. The highest BCUT2D eigenvalue weighted by molar-refractivity contribution is 4.98. The molecule has 2 nitrogen and oxygen atoms in total. The highest BCUT2D eigenvalue weighted by Crippen LogP contribution is 2.27. The Morgan fingerprint density at radius 3 is 2.40 bits per heavy atom. The fourth-order valence-electron chi connectivity index (χ4n) is 1.41. The standard InChI is InChI=1S/C8H18N2/c1-8(2,3)10-6-7(10)5-9-4/h7,9H,5-6H2,1-4H3. The zero-order valence-electron chi connectivity index (χ0n) is 7.44. The molecule has 60 valence electrons. The van der Waals surface area contributed by atoms with E-state index >= 15 is 0 Å². The van der Waals surface area contributed by atoms with Crippen molar-refractivity contribution in [3.8, 4) is 0 Å². The van der Waals surface area contributed by atoms with Gasteiger partial charge in [0.25, 0.3) is 0 Å². The van der Waals surface area contributed by atoms with E-state index in [0.29, 0.717) is 5.54 Å². The van der Waals surface area contributed by atoms with Gasteiger partial charge in [-0.1, -0.05) is 0 Å². The Bertz CT molecular complexity index is 115. The fraction of sp³-hybridized carbons (Fsp3) is 1.00. The maximum atomic E-state index is 3.19. The molecule has 1 saturated heterocycles. The maximum absolute atomic E-state index is 3.19. The molecule has 0 aromatic rings. The van der Waals surface area contributed by atoms with Crippen LogP contribution in [0.15, 0.2) is 0 Å². The molecular formula is C8H18N2. The number of hydrogen-bond acceptors (Lipinski definition) is 2. The maximum Gasteiger partial charge on any atom is 0.0353 e. The molecule has 1 heterocycles. The molecule has 0 aromatic carbocycles. The quantitative estimate of drug-likeness (QED) is 0.571. The third kappa shape index (κ3) is 1.70. The lowest BCUT2D eigenvalue weighted by Gasteiger charge is -2.21. The molecule has 0 amide bonds. The van der Waals surface area contributed by atoms with Crippen molar-refractivity contribution in [2.24, 2.45) is 0 Å². The van der Waals surface area contributed by atoms with E-state index in [0.717, 1.165) is 12.6 Å². The summed E-state index contributed by atoms with van der Waals surface area (Å²) < 4.78 is 0. The van der Waals surface area contributed by atoms with Crippen LogP contribution >= 0.6 is 0 Å². The summed E-state index contributed by atoms with van der Waals surface area (Å²) in [7, 11) is 2.01. The van der Waals surface area contributed by atoms with E-state index in [-0.39, 0.29) is 0 Å². The molecule has 2 atom stereocenters. The first-order valence-electron chi connectivity index (χ1n) is 3.97. The van der Waals surface area contributed by atoms with Crippen molar-refractivity contribution < 1.29 is 0 Å². The lowest BCUT2D eigenvalue weighted by molar-refractivity contribution is 0.285. The first kappa shape index (κ1) is 8.02. The summed E-state index contributed by atoms with van der Waals surface area (Å²) in [6, 6.07) is 0.796. The zero-order chi connectivity index (χ0) is 7.78. The molecule has 0 bridgehead atoms. The van der Waals surface area contributed by atoms with Crippen LogP contribution < -0.4 is 5.32 Å². The van der Waals surface area contributed by atoms with Crippen molar-refractivity contribution in [2.75, 3.05) is 20.1 Å². The molecule has 0 spiro atoms. The molecule has 1 N–H and O–H groups in total. The molecule has 1 fully saturated rings. The highest BCUT2D eigenvalue weighted by Gasteiger charge is 2.40. The van der Waals surface area contributed by atoms with Crippen LogP contribution in [0.2, 0.25) is 0 Å². The normalized spacial score (nSPS) is 32.4. The molecule has 0 aliphatic carbocycles. The van der Waals surface area contributed by atoms with Gasteiger partial charge in [0.2, 0.25) is 0 Å².